The first-order valence-electron chi connectivity index (χ1n) is 11.0. The predicted octanol–water partition coefficient (Wildman–Crippen LogP) is 3.07. The Labute approximate surface area is 195 Å². The number of nitrogens with zero attached hydrogens (tertiary/aromatic N) is 8. The molecule has 0 saturated carbocycles. The van der Waals surface area contributed by atoms with Crippen LogP contribution in [0, 0.1) is 0 Å². The highest BCUT2D eigenvalue weighted by Crippen LogP contribution is 2.33. The molecule has 174 valence electrons. The Balaban J connectivity index is 1.33. The second kappa shape index (κ2) is 8.65. The molecule has 1 fully saturated rings. The van der Waals surface area contributed by atoms with Crippen molar-refractivity contribution in [1.29, 1.82) is 0 Å². The third-order valence-corrected chi connectivity index (χ3v) is 6.48. The monoisotopic (exact) mass is 469 g/mol. The number of rotatable bonds is 3. The molecule has 11 nitrogen and oxygen atoms in total. The minimum atomic E-state index is -0.511. The van der Waals surface area contributed by atoms with Crippen LogP contribution >= 0.6 is 11.8 Å². The van der Waals surface area contributed by atoms with Crippen LogP contribution in [0.3, 0.4) is 0 Å². The van der Waals surface area contributed by atoms with Crippen LogP contribution in [-0.4, -0.2) is 76.9 Å². The molecule has 1 N–H and O–H groups in total. The standard InChI is InChI=1S/C21H27N9O2S/c1-21(2,3)32-20(31)29-6-4-5-14(10-29)30-26-9-15(27-30)16-11-28(7-8-33-16)19-17-18(23-12-22-17)24-13-25-19/h9,11-14H,4-8,10H2,1-3H3,(H,22,23,24,25). The van der Waals surface area contributed by atoms with E-state index in [0.717, 1.165) is 47.1 Å². The summed E-state index contributed by atoms with van der Waals surface area (Å²) in [6.45, 7) is 7.69. The van der Waals surface area contributed by atoms with Gasteiger partial charge in [0.05, 0.1) is 23.5 Å². The lowest BCUT2D eigenvalue weighted by molar-refractivity contribution is 0.0160. The number of nitrogens with one attached hydrogen (secondary N) is 1. The van der Waals surface area contributed by atoms with E-state index in [9.17, 15) is 4.79 Å². The van der Waals surface area contributed by atoms with Gasteiger partial charge in [0.2, 0.25) is 0 Å². The van der Waals surface area contributed by atoms with Gasteiger partial charge in [-0.05, 0) is 33.6 Å². The van der Waals surface area contributed by atoms with Gasteiger partial charge in [-0.2, -0.15) is 15.0 Å². The summed E-state index contributed by atoms with van der Waals surface area (Å²) in [5.41, 5.74) is 1.76. The number of H-pyrrole nitrogens is 1. The van der Waals surface area contributed by atoms with Gasteiger partial charge >= 0.3 is 6.09 Å². The summed E-state index contributed by atoms with van der Waals surface area (Å²) in [5.74, 6) is 1.66. The molecule has 0 aromatic carbocycles. The number of thioether (sulfide) groups is 1. The summed E-state index contributed by atoms with van der Waals surface area (Å²) < 4.78 is 5.54. The zero-order chi connectivity index (χ0) is 23.0. The second-order valence-electron chi connectivity index (χ2n) is 9.10. The number of hydrogen-bond acceptors (Lipinski definition) is 9. The van der Waals surface area contributed by atoms with Crippen molar-refractivity contribution in [3.63, 3.8) is 0 Å². The summed E-state index contributed by atoms with van der Waals surface area (Å²) in [6, 6.07) is 0.0239. The van der Waals surface area contributed by atoms with Crippen LogP contribution in [0.25, 0.3) is 16.1 Å². The van der Waals surface area contributed by atoms with E-state index < -0.39 is 5.60 Å². The molecule has 1 saturated heterocycles. The molecule has 1 atom stereocenters. The van der Waals surface area contributed by atoms with Crippen LogP contribution in [0.4, 0.5) is 10.6 Å². The number of aromatic nitrogens is 7. The Morgan fingerprint density at radius 2 is 2.12 bits per heavy atom. The first kappa shape index (κ1) is 21.7. The number of likely N-dealkylation sites (tertiary alicyclic amines) is 1. The van der Waals surface area contributed by atoms with Gasteiger partial charge in [-0.25, -0.2) is 19.7 Å². The number of piperidine rings is 1. The highest BCUT2D eigenvalue weighted by molar-refractivity contribution is 8.08. The molecular formula is C21H27N9O2S. The Kier molecular flexibility index (Phi) is 5.69. The van der Waals surface area contributed by atoms with E-state index in [0.29, 0.717) is 18.7 Å². The Morgan fingerprint density at radius 3 is 2.97 bits per heavy atom. The summed E-state index contributed by atoms with van der Waals surface area (Å²) in [7, 11) is 0. The second-order valence-corrected chi connectivity index (χ2v) is 10.2. The molecular weight excluding hydrogens is 442 g/mol. The lowest BCUT2D eigenvalue weighted by Gasteiger charge is -2.33. The van der Waals surface area contributed by atoms with Crippen molar-refractivity contribution in [2.24, 2.45) is 0 Å². The van der Waals surface area contributed by atoms with E-state index in [4.69, 9.17) is 9.84 Å². The number of hydrogen-bond donors (Lipinski definition) is 1. The quantitative estimate of drug-likeness (QED) is 0.617. The highest BCUT2D eigenvalue weighted by atomic mass is 32.2. The van der Waals surface area contributed by atoms with Gasteiger partial charge in [-0.1, -0.05) is 0 Å². The maximum Gasteiger partial charge on any atom is 0.410 e. The smallest absolute Gasteiger partial charge is 0.410 e. The van der Waals surface area contributed by atoms with Crippen LogP contribution in [0.15, 0.2) is 25.1 Å². The van der Waals surface area contributed by atoms with E-state index in [1.165, 1.54) is 0 Å². The molecule has 1 unspecified atom stereocenters. The van der Waals surface area contributed by atoms with Crippen molar-refractivity contribution in [2.75, 3.05) is 30.3 Å². The molecule has 12 heteroatoms. The average Bonchev–Trinajstić information content (AvgIpc) is 3.48. The fourth-order valence-corrected chi connectivity index (χ4v) is 4.92. The highest BCUT2D eigenvalue weighted by Gasteiger charge is 2.30. The molecule has 1 amide bonds. The van der Waals surface area contributed by atoms with Crippen molar-refractivity contribution >= 4 is 39.7 Å². The molecule has 5 heterocycles. The fraction of sp³-hybridized carbons (Fsp3) is 0.524. The van der Waals surface area contributed by atoms with Gasteiger partial charge in [0.1, 0.15) is 17.6 Å². The number of carbonyl (C=O) groups excluding carboxylic acids is 1. The lowest BCUT2D eigenvalue weighted by atomic mass is 10.1. The summed E-state index contributed by atoms with van der Waals surface area (Å²) in [6.07, 6.45) is 8.54. The number of aromatic amines is 1. The van der Waals surface area contributed by atoms with Crippen LogP contribution in [-0.2, 0) is 4.74 Å². The molecule has 0 radical (unpaired) electrons. The summed E-state index contributed by atoms with van der Waals surface area (Å²) >= 11 is 1.74. The van der Waals surface area contributed by atoms with Gasteiger partial charge < -0.3 is 19.5 Å². The lowest BCUT2D eigenvalue weighted by Crippen LogP contribution is -2.43. The molecule has 3 aromatic rings. The van der Waals surface area contributed by atoms with E-state index in [-0.39, 0.29) is 12.1 Å². The molecule has 3 aromatic heterocycles. The molecule has 5 rings (SSSR count). The van der Waals surface area contributed by atoms with Crippen molar-refractivity contribution in [3.05, 3.63) is 30.7 Å². The van der Waals surface area contributed by atoms with E-state index >= 15 is 0 Å². The third-order valence-electron chi connectivity index (χ3n) is 5.47. The fourth-order valence-electron chi connectivity index (χ4n) is 3.97. The van der Waals surface area contributed by atoms with Crippen LogP contribution in [0.2, 0.25) is 0 Å². The predicted molar refractivity (Wildman–Crippen MR) is 126 cm³/mol. The van der Waals surface area contributed by atoms with Crippen molar-refractivity contribution in [1.82, 2.24) is 39.8 Å². The zero-order valence-corrected chi connectivity index (χ0v) is 19.7. The van der Waals surface area contributed by atoms with Gasteiger partial charge in [0, 0.05) is 31.6 Å². The number of carbonyl (C=O) groups is 1. The van der Waals surface area contributed by atoms with Crippen LogP contribution < -0.4 is 4.90 Å². The molecule has 0 spiro atoms. The van der Waals surface area contributed by atoms with E-state index in [2.05, 4.69) is 29.9 Å². The van der Waals surface area contributed by atoms with E-state index in [1.807, 2.05) is 27.0 Å². The zero-order valence-electron chi connectivity index (χ0n) is 18.9. The maximum atomic E-state index is 12.5. The SMILES string of the molecule is CC(C)(C)OC(=O)N1CCCC(n2ncc(C3=CN(c4ncnc5[nH]cnc45)CCS3)n2)C1. The van der Waals surface area contributed by atoms with Crippen molar-refractivity contribution < 1.29 is 9.53 Å². The molecule has 33 heavy (non-hydrogen) atoms. The number of amides is 1. The Hall–Kier alpha value is -3.15. The molecule has 0 aliphatic carbocycles. The number of anilines is 1. The van der Waals surface area contributed by atoms with Crippen LogP contribution in [0.1, 0.15) is 45.3 Å². The number of fused-ring (bicyclic) bond motifs is 1. The van der Waals surface area contributed by atoms with Gasteiger partial charge in [-0.3, -0.25) is 0 Å². The van der Waals surface area contributed by atoms with Gasteiger partial charge in [-0.15, -0.1) is 11.8 Å². The van der Waals surface area contributed by atoms with Crippen molar-refractivity contribution in [2.45, 2.75) is 45.3 Å². The van der Waals surface area contributed by atoms with Crippen LogP contribution in [0.5, 0.6) is 0 Å². The van der Waals surface area contributed by atoms with Crippen molar-refractivity contribution in [3.8, 4) is 0 Å². The average molecular weight is 470 g/mol. The Morgan fingerprint density at radius 1 is 1.24 bits per heavy atom. The maximum absolute atomic E-state index is 12.5. The number of imidazole rings is 1. The van der Waals surface area contributed by atoms with Gasteiger partial charge in [0.25, 0.3) is 0 Å². The molecule has 0 bridgehead atoms. The first-order valence-corrected chi connectivity index (χ1v) is 12.0. The van der Waals surface area contributed by atoms with Gasteiger partial charge in [0.15, 0.2) is 17.0 Å². The normalized spacial score (nSPS) is 19.6. The minimum absolute atomic E-state index is 0.0239. The summed E-state index contributed by atoms with van der Waals surface area (Å²) in [4.78, 5) is 35.2. The first-order chi connectivity index (χ1) is 15.9. The number of ether oxygens (including phenoxy) is 1. The Bertz CT molecular complexity index is 1180. The van der Waals surface area contributed by atoms with E-state index in [1.54, 1.807) is 40.3 Å². The topological polar surface area (TPSA) is 118 Å². The third kappa shape index (κ3) is 4.65. The largest absolute Gasteiger partial charge is 0.444 e. The summed E-state index contributed by atoms with van der Waals surface area (Å²) in [5, 5.41) is 9.30. The molecule has 2 aliphatic rings. The molecule has 2 aliphatic heterocycles. The minimum Gasteiger partial charge on any atom is -0.444 e.